The smallest absolute Gasteiger partial charge is 0.243 e. The van der Waals surface area contributed by atoms with Crippen molar-refractivity contribution >= 4 is 26.6 Å². The van der Waals surface area contributed by atoms with Gasteiger partial charge in [-0.05, 0) is 38.0 Å². The Labute approximate surface area is 123 Å². The first-order valence-corrected chi connectivity index (χ1v) is 8.36. The summed E-state index contributed by atoms with van der Waals surface area (Å²) in [4.78, 5) is 3.19. The standard InChI is InChI=1S/C14H19N3O3S/c1-14(5-2-6-20-9-14)17-21(18,19)13-8-16-12-7-10(15)3-4-11(12)13/h3-4,7-8,16-17H,2,5-6,9,15H2,1H3. The fourth-order valence-corrected chi connectivity index (χ4v) is 4.33. The summed E-state index contributed by atoms with van der Waals surface area (Å²) in [6, 6.07) is 5.13. The summed E-state index contributed by atoms with van der Waals surface area (Å²) in [5, 5.41) is 0.636. The van der Waals surface area contributed by atoms with Crippen LogP contribution < -0.4 is 10.5 Å². The van der Waals surface area contributed by atoms with Crippen molar-refractivity contribution in [2.45, 2.75) is 30.2 Å². The van der Waals surface area contributed by atoms with Gasteiger partial charge in [-0.2, -0.15) is 0 Å². The highest BCUT2D eigenvalue weighted by Crippen LogP contribution is 2.27. The third-order valence-corrected chi connectivity index (χ3v) is 5.45. The largest absolute Gasteiger partial charge is 0.399 e. The first kappa shape index (κ1) is 14.4. The summed E-state index contributed by atoms with van der Waals surface area (Å²) < 4.78 is 33.5. The molecule has 1 aromatic carbocycles. The summed E-state index contributed by atoms with van der Waals surface area (Å²) in [6.07, 6.45) is 3.12. The van der Waals surface area contributed by atoms with E-state index in [1.165, 1.54) is 6.20 Å². The zero-order chi connectivity index (χ0) is 15.1. The molecule has 0 amide bonds. The first-order chi connectivity index (χ1) is 9.90. The van der Waals surface area contributed by atoms with Gasteiger partial charge < -0.3 is 15.5 Å². The predicted octanol–water partition coefficient (Wildman–Crippen LogP) is 1.60. The molecule has 1 fully saturated rings. The molecule has 1 atom stereocenters. The second kappa shape index (κ2) is 5.01. The number of sulfonamides is 1. The fourth-order valence-electron chi connectivity index (χ4n) is 2.73. The van der Waals surface area contributed by atoms with Crippen molar-refractivity contribution in [2.24, 2.45) is 0 Å². The van der Waals surface area contributed by atoms with Gasteiger partial charge in [0, 0.05) is 29.4 Å². The number of nitrogens with one attached hydrogen (secondary N) is 2. The van der Waals surface area contributed by atoms with Crippen LogP contribution in [0.5, 0.6) is 0 Å². The maximum atomic E-state index is 12.6. The molecule has 1 aliphatic rings. The van der Waals surface area contributed by atoms with Gasteiger partial charge in [0.2, 0.25) is 10.0 Å². The Kier molecular flexibility index (Phi) is 3.43. The molecule has 3 rings (SSSR count). The van der Waals surface area contributed by atoms with Crippen molar-refractivity contribution in [1.29, 1.82) is 0 Å². The molecule has 0 aliphatic carbocycles. The van der Waals surface area contributed by atoms with Crippen LogP contribution in [0, 0.1) is 0 Å². The number of nitrogens with two attached hydrogens (primary N) is 1. The van der Waals surface area contributed by atoms with Crippen molar-refractivity contribution in [3.63, 3.8) is 0 Å². The lowest BCUT2D eigenvalue weighted by atomic mass is 9.97. The van der Waals surface area contributed by atoms with Crippen LogP contribution in [0.15, 0.2) is 29.3 Å². The summed E-state index contributed by atoms with van der Waals surface area (Å²) in [5.74, 6) is 0. The van der Waals surface area contributed by atoms with E-state index in [4.69, 9.17) is 10.5 Å². The minimum Gasteiger partial charge on any atom is -0.399 e. The molecule has 0 saturated carbocycles. The van der Waals surface area contributed by atoms with Crippen LogP contribution >= 0.6 is 0 Å². The molecule has 1 saturated heterocycles. The van der Waals surface area contributed by atoms with Crippen molar-refractivity contribution in [3.8, 4) is 0 Å². The third-order valence-electron chi connectivity index (χ3n) is 3.78. The van der Waals surface area contributed by atoms with Gasteiger partial charge >= 0.3 is 0 Å². The zero-order valence-corrected chi connectivity index (χ0v) is 12.7. The van der Waals surface area contributed by atoms with E-state index in [0.29, 0.717) is 29.8 Å². The number of aromatic nitrogens is 1. The highest BCUT2D eigenvalue weighted by molar-refractivity contribution is 7.89. The van der Waals surface area contributed by atoms with Crippen LogP contribution in [0.25, 0.3) is 10.9 Å². The van der Waals surface area contributed by atoms with Gasteiger partial charge in [0.05, 0.1) is 12.1 Å². The molecular weight excluding hydrogens is 290 g/mol. The zero-order valence-electron chi connectivity index (χ0n) is 11.8. The molecule has 1 aromatic heterocycles. The topological polar surface area (TPSA) is 97.2 Å². The molecule has 114 valence electrons. The number of aromatic amines is 1. The first-order valence-electron chi connectivity index (χ1n) is 6.88. The summed E-state index contributed by atoms with van der Waals surface area (Å²) >= 11 is 0. The number of anilines is 1. The second-order valence-corrected chi connectivity index (χ2v) is 7.43. The van der Waals surface area contributed by atoms with Crippen LogP contribution in [-0.4, -0.2) is 32.2 Å². The van der Waals surface area contributed by atoms with Crippen LogP contribution in [0.4, 0.5) is 5.69 Å². The van der Waals surface area contributed by atoms with Crippen molar-refractivity contribution in [2.75, 3.05) is 18.9 Å². The van der Waals surface area contributed by atoms with Gasteiger partial charge in [0.1, 0.15) is 4.90 Å². The number of hydrogen-bond donors (Lipinski definition) is 3. The molecule has 1 unspecified atom stereocenters. The molecule has 6 nitrogen and oxygen atoms in total. The lowest BCUT2D eigenvalue weighted by molar-refractivity contribution is 0.0387. The number of ether oxygens (including phenoxy) is 1. The molecule has 0 radical (unpaired) electrons. The maximum Gasteiger partial charge on any atom is 0.243 e. The average molecular weight is 309 g/mol. The summed E-state index contributed by atoms with van der Waals surface area (Å²) in [6.45, 7) is 2.95. The van der Waals surface area contributed by atoms with Gasteiger partial charge in [-0.1, -0.05) is 0 Å². The molecule has 1 aliphatic heterocycles. The van der Waals surface area contributed by atoms with Crippen LogP contribution in [0.2, 0.25) is 0 Å². The fraction of sp³-hybridized carbons (Fsp3) is 0.429. The number of fused-ring (bicyclic) bond motifs is 1. The number of nitrogen functional groups attached to an aromatic ring is 1. The Morgan fingerprint density at radius 2 is 2.24 bits per heavy atom. The molecule has 0 spiro atoms. The molecule has 2 aromatic rings. The van der Waals surface area contributed by atoms with E-state index in [1.54, 1.807) is 18.2 Å². The Hall–Kier alpha value is -1.57. The van der Waals surface area contributed by atoms with Gasteiger partial charge in [0.15, 0.2) is 0 Å². The van der Waals surface area contributed by atoms with E-state index in [0.717, 1.165) is 12.8 Å². The lowest BCUT2D eigenvalue weighted by Crippen LogP contribution is -2.51. The van der Waals surface area contributed by atoms with Crippen LogP contribution in [0.3, 0.4) is 0 Å². The Morgan fingerprint density at radius 3 is 2.95 bits per heavy atom. The minimum atomic E-state index is -3.62. The lowest BCUT2D eigenvalue weighted by Gasteiger charge is -2.33. The third kappa shape index (κ3) is 2.76. The number of benzene rings is 1. The van der Waals surface area contributed by atoms with Crippen molar-refractivity contribution in [1.82, 2.24) is 9.71 Å². The quantitative estimate of drug-likeness (QED) is 0.750. The molecular formula is C14H19N3O3S. The number of rotatable bonds is 3. The highest BCUT2D eigenvalue weighted by atomic mass is 32.2. The number of hydrogen-bond acceptors (Lipinski definition) is 4. The number of H-pyrrole nitrogens is 1. The van der Waals surface area contributed by atoms with E-state index < -0.39 is 15.6 Å². The minimum absolute atomic E-state index is 0.240. The van der Waals surface area contributed by atoms with E-state index >= 15 is 0 Å². The van der Waals surface area contributed by atoms with E-state index in [2.05, 4.69) is 9.71 Å². The SMILES string of the molecule is CC1(NS(=O)(=O)c2c[nH]c3cc(N)ccc23)CCCOC1. The van der Waals surface area contributed by atoms with Gasteiger partial charge in [-0.15, -0.1) is 0 Å². The Balaban J connectivity index is 1.96. The van der Waals surface area contributed by atoms with Crippen LogP contribution in [-0.2, 0) is 14.8 Å². The Bertz CT molecular complexity index is 761. The monoisotopic (exact) mass is 309 g/mol. The highest BCUT2D eigenvalue weighted by Gasteiger charge is 2.33. The Morgan fingerprint density at radius 1 is 1.43 bits per heavy atom. The summed E-state index contributed by atoms with van der Waals surface area (Å²) in [5.41, 5.74) is 6.45. The molecule has 4 N–H and O–H groups in total. The second-order valence-electron chi connectivity index (χ2n) is 5.78. The van der Waals surface area contributed by atoms with E-state index in [9.17, 15) is 8.42 Å². The average Bonchev–Trinajstić information content (AvgIpc) is 2.81. The van der Waals surface area contributed by atoms with Gasteiger partial charge in [-0.3, -0.25) is 0 Å². The van der Waals surface area contributed by atoms with E-state index in [1.807, 2.05) is 6.92 Å². The predicted molar refractivity (Wildman–Crippen MR) is 81.5 cm³/mol. The van der Waals surface area contributed by atoms with Crippen molar-refractivity contribution < 1.29 is 13.2 Å². The maximum absolute atomic E-state index is 12.6. The molecule has 7 heteroatoms. The van der Waals surface area contributed by atoms with Crippen LogP contribution in [0.1, 0.15) is 19.8 Å². The molecule has 0 bridgehead atoms. The van der Waals surface area contributed by atoms with E-state index in [-0.39, 0.29) is 4.90 Å². The van der Waals surface area contributed by atoms with Gasteiger partial charge in [0.25, 0.3) is 0 Å². The molecule has 21 heavy (non-hydrogen) atoms. The molecule has 2 heterocycles. The van der Waals surface area contributed by atoms with Gasteiger partial charge in [-0.25, -0.2) is 13.1 Å². The summed E-state index contributed by atoms with van der Waals surface area (Å²) in [7, 11) is -3.62. The normalized spacial score (nSPS) is 23.5. The van der Waals surface area contributed by atoms with Crippen molar-refractivity contribution in [3.05, 3.63) is 24.4 Å².